The van der Waals surface area contributed by atoms with E-state index in [2.05, 4.69) is 4.18 Å². The van der Waals surface area contributed by atoms with E-state index in [1.165, 1.54) is 12.1 Å². The van der Waals surface area contributed by atoms with Gasteiger partial charge in [-0.15, -0.1) is 0 Å². The lowest BCUT2D eigenvalue weighted by Gasteiger charge is -2.16. The second-order valence-corrected chi connectivity index (χ2v) is 10.4. The van der Waals surface area contributed by atoms with E-state index in [1.807, 2.05) is 83.4 Å². The predicted molar refractivity (Wildman–Crippen MR) is 142 cm³/mol. The molecule has 1 aromatic heterocycles. The fourth-order valence-corrected chi connectivity index (χ4v) is 5.23. The average molecular weight is 533 g/mol. The minimum atomic E-state index is -5.91. The van der Waals surface area contributed by atoms with Gasteiger partial charge in [-0.05, 0) is 47.5 Å². The first-order valence-corrected chi connectivity index (χ1v) is 13.1. The molecule has 0 unspecified atom stereocenters. The first-order chi connectivity index (χ1) is 18.2. The zero-order chi connectivity index (χ0) is 26.7. The van der Waals surface area contributed by atoms with Gasteiger partial charge in [-0.2, -0.15) is 21.6 Å². The van der Waals surface area contributed by atoms with E-state index in [1.54, 1.807) is 13.0 Å². The fourth-order valence-electron chi connectivity index (χ4n) is 4.76. The largest absolute Gasteiger partial charge is 0.534 e. The van der Waals surface area contributed by atoms with Gasteiger partial charge in [-0.3, -0.25) is 4.57 Å². The summed E-state index contributed by atoms with van der Waals surface area (Å²) in [5.74, 6) is -0.205. The van der Waals surface area contributed by atoms with E-state index >= 15 is 0 Å². The van der Waals surface area contributed by atoms with Crippen LogP contribution >= 0.6 is 0 Å². The Balaban J connectivity index is 1.77. The van der Waals surface area contributed by atoms with Gasteiger partial charge in [0.15, 0.2) is 5.75 Å². The van der Waals surface area contributed by atoms with Gasteiger partial charge >= 0.3 is 15.6 Å². The summed E-state index contributed by atoms with van der Waals surface area (Å²) in [7, 11) is -5.91. The molecule has 0 saturated carbocycles. The molecule has 9 heteroatoms. The monoisotopic (exact) mass is 532 g/mol. The molecule has 0 radical (unpaired) electrons. The lowest BCUT2D eigenvalue weighted by atomic mass is 10.00. The quantitative estimate of drug-likeness (QED) is 0.134. The molecular formula is C29H19F3N2O3S. The number of aryl methyl sites for hydroxylation is 1. The summed E-state index contributed by atoms with van der Waals surface area (Å²) in [5.41, 5.74) is -2.87. The average Bonchev–Trinajstić information content (AvgIpc) is 3.29. The van der Waals surface area contributed by atoms with E-state index < -0.39 is 21.4 Å². The number of nitrogens with zero attached hydrogens (tertiary/aromatic N) is 2. The van der Waals surface area contributed by atoms with Gasteiger partial charge in [-0.1, -0.05) is 72.8 Å². The van der Waals surface area contributed by atoms with Crippen molar-refractivity contribution in [2.75, 3.05) is 0 Å². The molecule has 0 saturated heterocycles. The summed E-state index contributed by atoms with van der Waals surface area (Å²) in [4.78, 5) is 4.93. The summed E-state index contributed by atoms with van der Waals surface area (Å²) in [6, 6.07) is 29.3. The van der Waals surface area contributed by atoms with Gasteiger partial charge in [0.2, 0.25) is 0 Å². The molecule has 0 N–H and O–H groups in total. The summed E-state index contributed by atoms with van der Waals surface area (Å²) >= 11 is 0. The van der Waals surface area contributed by atoms with Gasteiger partial charge < -0.3 is 4.18 Å². The maximum Gasteiger partial charge on any atom is 0.534 e. The van der Waals surface area contributed by atoms with Crippen molar-refractivity contribution in [1.82, 2.24) is 9.55 Å². The number of aromatic nitrogens is 2. The number of alkyl halides is 3. The Morgan fingerprint density at radius 1 is 0.763 bits per heavy atom. The van der Waals surface area contributed by atoms with Crippen molar-refractivity contribution in [3.63, 3.8) is 0 Å². The molecule has 190 valence electrons. The third-order valence-corrected chi connectivity index (χ3v) is 7.37. The van der Waals surface area contributed by atoms with Crippen molar-refractivity contribution in [3.05, 3.63) is 103 Å². The molecule has 0 spiro atoms. The number of benzene rings is 5. The number of para-hydroxylation sites is 1. The topological polar surface area (TPSA) is 61.2 Å². The Morgan fingerprint density at radius 2 is 1.34 bits per heavy atom. The number of rotatable bonds is 4. The van der Waals surface area contributed by atoms with Gasteiger partial charge in [0.05, 0.1) is 16.6 Å². The second-order valence-electron chi connectivity index (χ2n) is 8.88. The van der Waals surface area contributed by atoms with Crippen LogP contribution in [0.2, 0.25) is 0 Å². The van der Waals surface area contributed by atoms with E-state index in [4.69, 9.17) is 4.98 Å². The molecule has 0 aliphatic heterocycles. The van der Waals surface area contributed by atoms with Crippen LogP contribution in [0.5, 0.6) is 5.75 Å². The van der Waals surface area contributed by atoms with Crippen LogP contribution in [0, 0.1) is 6.92 Å². The Bertz CT molecular complexity index is 1970. The summed E-state index contributed by atoms with van der Waals surface area (Å²) in [6.07, 6.45) is 0. The smallest absolute Gasteiger partial charge is 0.375 e. The Labute approximate surface area is 215 Å². The van der Waals surface area contributed by atoms with Crippen molar-refractivity contribution >= 4 is 42.7 Å². The maximum absolute atomic E-state index is 13.3. The molecule has 0 atom stereocenters. The van der Waals surface area contributed by atoms with E-state index in [9.17, 15) is 21.6 Å². The molecule has 0 amide bonds. The Morgan fingerprint density at radius 3 is 2.00 bits per heavy atom. The molecule has 5 nitrogen and oxygen atoms in total. The van der Waals surface area contributed by atoms with Crippen molar-refractivity contribution in [1.29, 1.82) is 0 Å². The highest BCUT2D eigenvalue weighted by Gasteiger charge is 2.49. The number of hydrogen-bond donors (Lipinski definition) is 0. The van der Waals surface area contributed by atoms with E-state index in [0.717, 1.165) is 27.1 Å². The fraction of sp³-hybridized carbons (Fsp3) is 0.0690. The first-order valence-electron chi connectivity index (χ1n) is 11.6. The lowest BCUT2D eigenvalue weighted by molar-refractivity contribution is -0.0499. The number of fused-ring (bicyclic) bond motifs is 6. The molecule has 6 aromatic rings. The predicted octanol–water partition coefficient (Wildman–Crippen LogP) is 7.54. The van der Waals surface area contributed by atoms with Crippen LogP contribution in [0.15, 0.2) is 97.1 Å². The molecule has 0 bridgehead atoms. The highest BCUT2D eigenvalue weighted by Crippen LogP contribution is 2.42. The first kappa shape index (κ1) is 24.0. The van der Waals surface area contributed by atoms with Crippen LogP contribution in [-0.4, -0.2) is 23.5 Å². The molecule has 0 fully saturated rings. The van der Waals surface area contributed by atoms with Crippen molar-refractivity contribution < 1.29 is 25.8 Å². The van der Waals surface area contributed by atoms with Gasteiger partial charge in [0.1, 0.15) is 5.82 Å². The molecule has 1 heterocycles. The van der Waals surface area contributed by atoms with Crippen LogP contribution in [0.4, 0.5) is 13.2 Å². The van der Waals surface area contributed by atoms with E-state index in [0.29, 0.717) is 16.8 Å². The maximum atomic E-state index is 13.3. The number of hydrogen-bond acceptors (Lipinski definition) is 4. The van der Waals surface area contributed by atoms with Crippen LogP contribution in [-0.2, 0) is 10.1 Å². The Hall–Kier alpha value is -4.37. The summed E-state index contributed by atoms with van der Waals surface area (Å²) in [5, 5.41) is 3.70. The summed E-state index contributed by atoms with van der Waals surface area (Å²) < 4.78 is 70.4. The van der Waals surface area contributed by atoms with Gasteiger partial charge in [-0.25, -0.2) is 4.98 Å². The second kappa shape index (κ2) is 8.59. The molecule has 0 aliphatic rings. The normalized spacial score (nSPS) is 12.4. The van der Waals surface area contributed by atoms with Crippen LogP contribution < -0.4 is 4.18 Å². The molecular weight excluding hydrogens is 513 g/mol. The molecule has 0 aliphatic carbocycles. The molecule has 6 rings (SSSR count). The highest BCUT2D eigenvalue weighted by molar-refractivity contribution is 7.88. The number of halogens is 3. The van der Waals surface area contributed by atoms with Crippen molar-refractivity contribution in [2.45, 2.75) is 12.4 Å². The molecule has 38 heavy (non-hydrogen) atoms. The van der Waals surface area contributed by atoms with Gasteiger partial charge in [0, 0.05) is 16.5 Å². The zero-order valence-corrected chi connectivity index (χ0v) is 20.7. The van der Waals surface area contributed by atoms with Crippen LogP contribution in [0.25, 0.3) is 49.7 Å². The standard InChI is InChI=1S/C29H19F3N2O3S/c1-18-15-16-24(25(17-18)37-38(35,36)29(30,31)32)28-33-26-22-13-7-5-11-20(22)21-12-6-8-14-23(21)27(26)34(28)19-9-3-2-4-10-19/h2-17H,1H3. The zero-order valence-electron chi connectivity index (χ0n) is 19.9. The van der Waals surface area contributed by atoms with Gasteiger partial charge in [0.25, 0.3) is 0 Å². The van der Waals surface area contributed by atoms with Crippen molar-refractivity contribution in [3.8, 4) is 22.8 Å². The third-order valence-electron chi connectivity index (χ3n) is 6.41. The Kier molecular flexibility index (Phi) is 5.43. The minimum Gasteiger partial charge on any atom is -0.375 e. The SMILES string of the molecule is Cc1ccc(-c2nc3c4ccccc4c4ccccc4c3n2-c2ccccc2)c(OS(=O)(=O)C(F)(F)F)c1. The van der Waals surface area contributed by atoms with Crippen LogP contribution in [0.1, 0.15) is 5.56 Å². The van der Waals surface area contributed by atoms with Crippen molar-refractivity contribution in [2.24, 2.45) is 0 Å². The number of imidazole rings is 1. The lowest BCUT2D eigenvalue weighted by Crippen LogP contribution is -2.28. The summed E-state index contributed by atoms with van der Waals surface area (Å²) in [6.45, 7) is 1.64. The third kappa shape index (κ3) is 3.78. The van der Waals surface area contributed by atoms with E-state index in [-0.39, 0.29) is 11.4 Å². The minimum absolute atomic E-state index is 0.108. The highest BCUT2D eigenvalue weighted by atomic mass is 32.2. The molecule has 5 aromatic carbocycles. The van der Waals surface area contributed by atoms with Crippen LogP contribution in [0.3, 0.4) is 0 Å².